The molecule has 4 nitrogen and oxygen atoms in total. The van der Waals surface area contributed by atoms with Crippen molar-refractivity contribution < 1.29 is 9.90 Å². The third-order valence-electron chi connectivity index (χ3n) is 3.09. The number of nitrogen functional groups attached to an aromatic ring is 1. The first kappa shape index (κ1) is 11.0. The molecular weight excluding hydrogens is 204 g/mol. The van der Waals surface area contributed by atoms with E-state index in [1.165, 1.54) is 0 Å². The molecule has 0 saturated heterocycles. The highest BCUT2D eigenvalue weighted by Crippen LogP contribution is 2.32. The first-order valence-electron chi connectivity index (χ1n) is 5.27. The Morgan fingerprint density at radius 2 is 2.19 bits per heavy atom. The predicted octanol–water partition coefficient (Wildman–Crippen LogP) is 0.996. The molecule has 1 aliphatic rings. The molecule has 1 aliphatic heterocycles. The number of amides is 1. The second-order valence-electron chi connectivity index (χ2n) is 4.74. The lowest BCUT2D eigenvalue weighted by Crippen LogP contribution is -2.46. The average Bonchev–Trinajstić information content (AvgIpc) is 2.58. The maximum Gasteiger partial charge on any atom is 0.257 e. The molecule has 86 valence electrons. The number of nitrogens with zero attached hydrogens (tertiary/aromatic N) is 1. The first-order chi connectivity index (χ1) is 7.47. The maximum atomic E-state index is 12.2. The maximum absolute atomic E-state index is 12.2. The lowest BCUT2D eigenvalue weighted by molar-refractivity contribution is 0.0395. The Hall–Kier alpha value is -1.55. The number of carbonyl (C=O) groups excluding carboxylic acids is 1. The molecule has 0 aromatic heterocycles. The Morgan fingerprint density at radius 3 is 2.75 bits per heavy atom. The van der Waals surface area contributed by atoms with Crippen molar-refractivity contribution in [2.45, 2.75) is 25.9 Å². The van der Waals surface area contributed by atoms with Crippen molar-refractivity contribution in [2.24, 2.45) is 0 Å². The van der Waals surface area contributed by atoms with Gasteiger partial charge in [-0.25, -0.2) is 0 Å². The molecule has 0 radical (unpaired) electrons. The van der Waals surface area contributed by atoms with Crippen LogP contribution in [0.1, 0.15) is 29.8 Å². The van der Waals surface area contributed by atoms with Crippen LogP contribution in [0, 0.1) is 0 Å². The second kappa shape index (κ2) is 3.49. The van der Waals surface area contributed by atoms with Crippen LogP contribution in [-0.2, 0) is 6.54 Å². The Balaban J connectivity index is 2.42. The van der Waals surface area contributed by atoms with Crippen molar-refractivity contribution >= 4 is 11.6 Å². The normalized spacial score (nSPS) is 15.4. The zero-order valence-corrected chi connectivity index (χ0v) is 9.53. The number of rotatable bonds is 2. The summed E-state index contributed by atoms with van der Waals surface area (Å²) in [4.78, 5) is 13.8. The molecule has 0 spiro atoms. The van der Waals surface area contributed by atoms with Gasteiger partial charge in [0.25, 0.3) is 5.91 Å². The number of anilines is 1. The van der Waals surface area contributed by atoms with Gasteiger partial charge >= 0.3 is 0 Å². The molecule has 0 saturated carbocycles. The molecule has 0 fully saturated rings. The van der Waals surface area contributed by atoms with Crippen molar-refractivity contribution in [3.63, 3.8) is 0 Å². The molecule has 0 atom stereocenters. The van der Waals surface area contributed by atoms with Crippen LogP contribution in [0.5, 0.6) is 0 Å². The third-order valence-corrected chi connectivity index (χ3v) is 3.09. The van der Waals surface area contributed by atoms with E-state index in [0.717, 1.165) is 5.56 Å². The number of hydrogen-bond donors (Lipinski definition) is 2. The van der Waals surface area contributed by atoms with Gasteiger partial charge < -0.3 is 15.7 Å². The van der Waals surface area contributed by atoms with Gasteiger partial charge in [0.05, 0.1) is 17.7 Å². The minimum absolute atomic E-state index is 0.0629. The van der Waals surface area contributed by atoms with Gasteiger partial charge in [0, 0.05) is 12.2 Å². The lowest BCUT2D eigenvalue weighted by atomic mass is 10.1. The van der Waals surface area contributed by atoms with E-state index in [0.29, 0.717) is 17.8 Å². The monoisotopic (exact) mass is 220 g/mol. The summed E-state index contributed by atoms with van der Waals surface area (Å²) in [5.74, 6) is -0.0906. The molecule has 0 bridgehead atoms. The van der Waals surface area contributed by atoms with E-state index in [1.807, 2.05) is 26.0 Å². The number of nitrogens with two attached hydrogens (primary N) is 1. The summed E-state index contributed by atoms with van der Waals surface area (Å²) in [5.41, 5.74) is 7.28. The fraction of sp³-hybridized carbons (Fsp3) is 0.417. The molecule has 1 amide bonds. The molecule has 3 N–H and O–H groups in total. The van der Waals surface area contributed by atoms with Gasteiger partial charge in [-0.15, -0.1) is 0 Å². The highest BCUT2D eigenvalue weighted by atomic mass is 16.3. The summed E-state index contributed by atoms with van der Waals surface area (Å²) in [6, 6.07) is 5.47. The van der Waals surface area contributed by atoms with E-state index in [1.54, 1.807) is 11.0 Å². The zero-order valence-electron chi connectivity index (χ0n) is 9.53. The molecule has 1 aromatic carbocycles. The molecular formula is C12H16N2O2. The molecule has 1 aromatic rings. The number of carbonyl (C=O) groups is 1. The summed E-state index contributed by atoms with van der Waals surface area (Å²) in [6.45, 7) is 4.14. The minimum atomic E-state index is -0.553. The van der Waals surface area contributed by atoms with Gasteiger partial charge in [-0.3, -0.25) is 4.79 Å². The molecule has 2 rings (SSSR count). The molecule has 0 aliphatic carbocycles. The Kier molecular flexibility index (Phi) is 2.39. The van der Waals surface area contributed by atoms with Crippen LogP contribution in [0.25, 0.3) is 0 Å². The number of aliphatic hydroxyl groups is 1. The van der Waals surface area contributed by atoms with Crippen LogP contribution in [0.3, 0.4) is 0 Å². The van der Waals surface area contributed by atoms with Crippen LogP contribution in [-0.4, -0.2) is 28.1 Å². The van der Waals surface area contributed by atoms with Gasteiger partial charge in [0.15, 0.2) is 0 Å². The van der Waals surface area contributed by atoms with E-state index in [2.05, 4.69) is 0 Å². The average molecular weight is 220 g/mol. The predicted molar refractivity (Wildman–Crippen MR) is 61.9 cm³/mol. The summed E-state index contributed by atoms with van der Waals surface area (Å²) < 4.78 is 0. The largest absolute Gasteiger partial charge is 0.398 e. The highest BCUT2D eigenvalue weighted by molar-refractivity contribution is 6.03. The second-order valence-corrected chi connectivity index (χ2v) is 4.74. The van der Waals surface area contributed by atoms with Gasteiger partial charge in [0.1, 0.15) is 0 Å². The summed E-state index contributed by atoms with van der Waals surface area (Å²) in [6.07, 6.45) is 0. The summed E-state index contributed by atoms with van der Waals surface area (Å²) in [5, 5.41) is 9.30. The van der Waals surface area contributed by atoms with E-state index in [-0.39, 0.29) is 12.5 Å². The number of benzene rings is 1. The fourth-order valence-corrected chi connectivity index (χ4v) is 1.96. The quantitative estimate of drug-likeness (QED) is 0.730. The topological polar surface area (TPSA) is 66.6 Å². The van der Waals surface area contributed by atoms with Crippen molar-refractivity contribution in [2.75, 3.05) is 12.3 Å². The Morgan fingerprint density at radius 1 is 1.50 bits per heavy atom. The molecule has 1 heterocycles. The van der Waals surface area contributed by atoms with Gasteiger partial charge in [-0.05, 0) is 25.5 Å². The van der Waals surface area contributed by atoms with Crippen molar-refractivity contribution in [3.05, 3.63) is 29.3 Å². The number of aliphatic hydroxyl groups excluding tert-OH is 1. The van der Waals surface area contributed by atoms with Crippen LogP contribution in [0.15, 0.2) is 18.2 Å². The summed E-state index contributed by atoms with van der Waals surface area (Å²) >= 11 is 0. The van der Waals surface area contributed by atoms with Crippen LogP contribution < -0.4 is 5.73 Å². The SMILES string of the molecule is CC(C)(CO)N1Cc2cccc(N)c2C1=O. The van der Waals surface area contributed by atoms with E-state index >= 15 is 0 Å². The van der Waals surface area contributed by atoms with Gasteiger partial charge in [-0.2, -0.15) is 0 Å². The van der Waals surface area contributed by atoms with Crippen LogP contribution in [0.2, 0.25) is 0 Å². The first-order valence-corrected chi connectivity index (χ1v) is 5.27. The Labute approximate surface area is 94.7 Å². The van der Waals surface area contributed by atoms with Crippen LogP contribution >= 0.6 is 0 Å². The fourth-order valence-electron chi connectivity index (χ4n) is 1.96. The smallest absolute Gasteiger partial charge is 0.257 e. The van der Waals surface area contributed by atoms with E-state index in [4.69, 9.17) is 5.73 Å². The molecule has 16 heavy (non-hydrogen) atoms. The van der Waals surface area contributed by atoms with E-state index in [9.17, 15) is 9.90 Å². The standard InChI is InChI=1S/C12H16N2O2/c1-12(2,7-15)14-6-8-4-3-5-9(13)10(8)11(14)16/h3-5,15H,6-7,13H2,1-2H3. The molecule has 4 heteroatoms. The Bertz CT molecular complexity index is 441. The minimum Gasteiger partial charge on any atom is -0.398 e. The summed E-state index contributed by atoms with van der Waals surface area (Å²) in [7, 11) is 0. The zero-order chi connectivity index (χ0) is 11.9. The van der Waals surface area contributed by atoms with E-state index < -0.39 is 5.54 Å². The molecule has 0 unspecified atom stereocenters. The van der Waals surface area contributed by atoms with Crippen molar-refractivity contribution in [3.8, 4) is 0 Å². The third kappa shape index (κ3) is 1.46. The van der Waals surface area contributed by atoms with Gasteiger partial charge in [0.2, 0.25) is 0 Å². The van der Waals surface area contributed by atoms with Crippen molar-refractivity contribution in [1.82, 2.24) is 4.90 Å². The number of fused-ring (bicyclic) bond motifs is 1. The number of hydrogen-bond acceptors (Lipinski definition) is 3. The highest BCUT2D eigenvalue weighted by Gasteiger charge is 2.37. The van der Waals surface area contributed by atoms with Crippen molar-refractivity contribution in [1.29, 1.82) is 0 Å². The van der Waals surface area contributed by atoms with Gasteiger partial charge in [-0.1, -0.05) is 12.1 Å². The van der Waals surface area contributed by atoms with Crippen LogP contribution in [0.4, 0.5) is 5.69 Å². The lowest BCUT2D eigenvalue weighted by Gasteiger charge is -2.33.